The van der Waals surface area contributed by atoms with Crippen LogP contribution in [0.5, 0.6) is 0 Å². The fourth-order valence-electron chi connectivity index (χ4n) is 3.99. The van der Waals surface area contributed by atoms with Crippen LogP contribution in [0.3, 0.4) is 0 Å². The van der Waals surface area contributed by atoms with Crippen LogP contribution < -0.4 is 5.43 Å². The Bertz CT molecular complexity index is 1090. The van der Waals surface area contributed by atoms with Crippen molar-refractivity contribution in [2.75, 3.05) is 0 Å². The zero-order valence-corrected chi connectivity index (χ0v) is 18.9. The topological polar surface area (TPSA) is 67.9 Å². The fourth-order valence-corrected chi connectivity index (χ4v) is 3.99. The molecule has 0 saturated heterocycles. The van der Waals surface area contributed by atoms with Crippen LogP contribution in [-0.4, -0.2) is 23.2 Å². The molecule has 1 aliphatic rings. The molecule has 0 fully saturated rings. The summed E-state index contributed by atoms with van der Waals surface area (Å²) in [7, 11) is 0. The van der Waals surface area contributed by atoms with Gasteiger partial charge in [0.05, 0.1) is 6.04 Å². The van der Waals surface area contributed by atoms with Gasteiger partial charge in [0.15, 0.2) is 0 Å². The van der Waals surface area contributed by atoms with E-state index in [-0.39, 0.29) is 25.2 Å². The van der Waals surface area contributed by atoms with Gasteiger partial charge in [0.25, 0.3) is 0 Å². The summed E-state index contributed by atoms with van der Waals surface area (Å²) in [6, 6.07) is 28.6. The van der Waals surface area contributed by atoms with E-state index in [1.807, 2.05) is 84.9 Å². The fraction of sp³-hybridized carbons (Fsp3) is 0.214. The highest BCUT2D eigenvalue weighted by atomic mass is 16.6. The lowest BCUT2D eigenvalue weighted by Crippen LogP contribution is -2.53. The van der Waals surface area contributed by atoms with Crippen molar-refractivity contribution in [2.45, 2.75) is 32.1 Å². The normalized spacial score (nSPS) is 16.6. The summed E-state index contributed by atoms with van der Waals surface area (Å²) < 4.78 is 10.9. The molecular weight excluding hydrogens is 428 g/mol. The molecule has 4 rings (SSSR count). The highest BCUT2D eigenvalue weighted by molar-refractivity contribution is 5.74. The van der Waals surface area contributed by atoms with Crippen LogP contribution in [0.2, 0.25) is 0 Å². The Balaban J connectivity index is 1.44. The molecule has 6 heteroatoms. The van der Waals surface area contributed by atoms with Crippen LogP contribution in [-0.2, 0) is 29.1 Å². The number of carbonyl (C=O) groups is 2. The number of rotatable bonds is 7. The van der Waals surface area contributed by atoms with Crippen LogP contribution in [0.4, 0.5) is 9.59 Å². The highest BCUT2D eigenvalue weighted by Gasteiger charge is 2.34. The van der Waals surface area contributed by atoms with Crippen molar-refractivity contribution < 1.29 is 19.1 Å². The molecule has 0 heterocycles. The van der Waals surface area contributed by atoms with E-state index in [2.05, 4.69) is 23.6 Å². The van der Waals surface area contributed by atoms with E-state index < -0.39 is 12.2 Å². The van der Waals surface area contributed by atoms with Gasteiger partial charge in [-0.2, -0.15) is 0 Å². The first-order valence-corrected chi connectivity index (χ1v) is 11.4. The number of nitrogens with zero attached hydrogens (tertiary/aromatic N) is 1. The lowest BCUT2D eigenvalue weighted by atomic mass is 9.95. The highest BCUT2D eigenvalue weighted by Crippen LogP contribution is 2.27. The van der Waals surface area contributed by atoms with Crippen molar-refractivity contribution in [3.8, 4) is 0 Å². The Labute approximate surface area is 199 Å². The van der Waals surface area contributed by atoms with Gasteiger partial charge in [-0.3, -0.25) is 0 Å². The summed E-state index contributed by atoms with van der Waals surface area (Å²) in [6.07, 6.45) is 4.15. The largest absolute Gasteiger partial charge is 0.443 e. The monoisotopic (exact) mass is 456 g/mol. The molecular formula is C28H28N2O4. The van der Waals surface area contributed by atoms with Crippen molar-refractivity contribution in [3.05, 3.63) is 120 Å². The van der Waals surface area contributed by atoms with E-state index in [0.717, 1.165) is 23.1 Å². The smallest absolute Gasteiger partial charge is 0.429 e. The lowest BCUT2D eigenvalue weighted by Gasteiger charge is -2.32. The molecule has 3 aromatic carbocycles. The van der Waals surface area contributed by atoms with Gasteiger partial charge >= 0.3 is 12.2 Å². The molecule has 6 nitrogen and oxygen atoms in total. The summed E-state index contributed by atoms with van der Waals surface area (Å²) in [5.74, 6) is 0.0288. The minimum atomic E-state index is -0.703. The Kier molecular flexibility index (Phi) is 7.95. The number of benzene rings is 3. The molecule has 3 aromatic rings. The van der Waals surface area contributed by atoms with Gasteiger partial charge in [-0.25, -0.2) is 20.0 Å². The molecule has 1 aliphatic carbocycles. The number of hydrazine groups is 1. The van der Waals surface area contributed by atoms with Crippen molar-refractivity contribution in [1.82, 2.24) is 10.4 Å². The van der Waals surface area contributed by atoms with Crippen molar-refractivity contribution in [3.63, 3.8) is 0 Å². The molecule has 0 aliphatic heterocycles. The van der Waals surface area contributed by atoms with Gasteiger partial charge in [0.2, 0.25) is 0 Å². The summed E-state index contributed by atoms with van der Waals surface area (Å²) in [5.41, 5.74) is 5.53. The van der Waals surface area contributed by atoms with Gasteiger partial charge in [-0.05, 0) is 29.5 Å². The van der Waals surface area contributed by atoms with Crippen LogP contribution in [0, 0.1) is 5.92 Å². The molecule has 0 aromatic heterocycles. The average molecular weight is 457 g/mol. The molecule has 174 valence electrons. The van der Waals surface area contributed by atoms with Gasteiger partial charge in [0.1, 0.15) is 13.2 Å². The van der Waals surface area contributed by atoms with E-state index in [1.54, 1.807) is 0 Å². The third kappa shape index (κ3) is 6.48. The van der Waals surface area contributed by atoms with Gasteiger partial charge in [0, 0.05) is 5.92 Å². The number of hydrogen-bond acceptors (Lipinski definition) is 4. The first kappa shape index (κ1) is 23.1. The number of amides is 2. The van der Waals surface area contributed by atoms with E-state index in [9.17, 15) is 9.59 Å². The standard InChI is InChI=1S/C28H28N2O4/c31-27(33-20-23-13-6-2-7-14-23)29-30(28(32)34-21-24-15-8-3-9-16-24)26-18-10-17-25(26)19-22-11-4-1-5-12-22/h1-17,25-26H,18-21H2,(H,29,31)/t25-,26+/m1/s1. The molecule has 34 heavy (non-hydrogen) atoms. The maximum absolute atomic E-state index is 13.1. The second kappa shape index (κ2) is 11.7. The zero-order valence-electron chi connectivity index (χ0n) is 18.9. The molecule has 1 N–H and O–H groups in total. The Morgan fingerprint density at radius 1 is 0.765 bits per heavy atom. The van der Waals surface area contributed by atoms with E-state index in [4.69, 9.17) is 9.47 Å². The van der Waals surface area contributed by atoms with Crippen LogP contribution in [0.25, 0.3) is 0 Å². The van der Waals surface area contributed by atoms with Crippen LogP contribution >= 0.6 is 0 Å². The summed E-state index contributed by atoms with van der Waals surface area (Å²) in [6.45, 7) is 0.219. The molecule has 0 unspecified atom stereocenters. The Hall–Kier alpha value is -4.06. The summed E-state index contributed by atoms with van der Waals surface area (Å²) >= 11 is 0. The average Bonchev–Trinajstić information content (AvgIpc) is 3.34. The van der Waals surface area contributed by atoms with E-state index in [1.165, 1.54) is 5.01 Å². The third-order valence-corrected chi connectivity index (χ3v) is 5.73. The van der Waals surface area contributed by atoms with Crippen molar-refractivity contribution >= 4 is 12.2 Å². The predicted molar refractivity (Wildman–Crippen MR) is 129 cm³/mol. The number of ether oxygens (including phenoxy) is 2. The first-order valence-electron chi connectivity index (χ1n) is 11.4. The van der Waals surface area contributed by atoms with Crippen LogP contribution in [0.1, 0.15) is 23.1 Å². The number of nitrogens with one attached hydrogen (secondary N) is 1. The Morgan fingerprint density at radius 3 is 1.88 bits per heavy atom. The molecule has 0 radical (unpaired) electrons. The van der Waals surface area contributed by atoms with Crippen LogP contribution in [0.15, 0.2) is 103 Å². The molecule has 0 saturated carbocycles. The second-order valence-electron chi connectivity index (χ2n) is 8.17. The van der Waals surface area contributed by atoms with E-state index >= 15 is 0 Å². The maximum atomic E-state index is 13.1. The maximum Gasteiger partial charge on any atom is 0.429 e. The molecule has 0 bridgehead atoms. The predicted octanol–water partition coefficient (Wildman–Crippen LogP) is 5.65. The lowest BCUT2D eigenvalue weighted by molar-refractivity contribution is 0.0402. The molecule has 2 amide bonds. The summed E-state index contributed by atoms with van der Waals surface area (Å²) in [5, 5.41) is 1.28. The van der Waals surface area contributed by atoms with Gasteiger partial charge < -0.3 is 9.47 Å². The second-order valence-corrected chi connectivity index (χ2v) is 8.17. The Morgan fingerprint density at radius 2 is 1.29 bits per heavy atom. The minimum absolute atomic E-state index is 0.0288. The molecule has 2 atom stereocenters. The quantitative estimate of drug-likeness (QED) is 0.368. The zero-order chi connectivity index (χ0) is 23.6. The number of hydrogen-bond donors (Lipinski definition) is 1. The van der Waals surface area contributed by atoms with Crippen molar-refractivity contribution in [1.29, 1.82) is 0 Å². The number of carbonyl (C=O) groups excluding carboxylic acids is 2. The molecule has 0 spiro atoms. The van der Waals surface area contributed by atoms with Gasteiger partial charge in [-0.1, -0.05) is 103 Å². The third-order valence-electron chi connectivity index (χ3n) is 5.73. The van der Waals surface area contributed by atoms with Gasteiger partial charge in [-0.15, -0.1) is 0 Å². The SMILES string of the molecule is O=C(NN(C(=O)OCc1ccccc1)[C@H]1CC=C[C@@H]1Cc1ccccc1)OCc1ccccc1. The first-order chi connectivity index (χ1) is 16.7. The minimum Gasteiger partial charge on any atom is -0.443 e. The van der Waals surface area contributed by atoms with Crippen molar-refractivity contribution in [2.24, 2.45) is 5.92 Å². The van der Waals surface area contributed by atoms with E-state index in [0.29, 0.717) is 6.42 Å². The summed E-state index contributed by atoms with van der Waals surface area (Å²) in [4.78, 5) is 25.7.